The van der Waals surface area contributed by atoms with Crippen molar-refractivity contribution >= 4 is 17.3 Å². The molecule has 14 heavy (non-hydrogen) atoms. The largest absolute Gasteiger partial charge is 0.370 e. The molecule has 0 saturated carbocycles. The van der Waals surface area contributed by atoms with Crippen LogP contribution in [0.25, 0.3) is 0 Å². The van der Waals surface area contributed by atoms with E-state index in [1.807, 2.05) is 6.92 Å². The van der Waals surface area contributed by atoms with Crippen molar-refractivity contribution in [1.29, 1.82) is 5.26 Å². The zero-order valence-corrected chi connectivity index (χ0v) is 8.48. The summed E-state index contributed by atoms with van der Waals surface area (Å²) in [5.41, 5.74) is 0.570. The molecule has 1 aromatic rings. The van der Waals surface area contributed by atoms with Crippen LogP contribution in [0.15, 0.2) is 18.2 Å². The second-order valence-corrected chi connectivity index (χ2v) is 3.27. The van der Waals surface area contributed by atoms with Gasteiger partial charge in [-0.05, 0) is 24.6 Å². The number of rotatable bonds is 3. The van der Waals surface area contributed by atoms with E-state index in [2.05, 4.69) is 11.4 Å². The first-order valence-electron chi connectivity index (χ1n) is 4.28. The summed E-state index contributed by atoms with van der Waals surface area (Å²) in [5.74, 6) is -0.482. The standard InChI is InChI=1S/C10H10ClFN2/c1-2-7(6-13)14-8-3-4-9(11)10(12)5-8/h3-5,7,14H,2H2,1H3. The van der Waals surface area contributed by atoms with Crippen LogP contribution in [0.3, 0.4) is 0 Å². The molecule has 1 aromatic carbocycles. The van der Waals surface area contributed by atoms with Gasteiger partial charge >= 0.3 is 0 Å². The molecule has 0 spiro atoms. The van der Waals surface area contributed by atoms with E-state index in [4.69, 9.17) is 16.9 Å². The minimum Gasteiger partial charge on any atom is -0.370 e. The summed E-state index contributed by atoms with van der Waals surface area (Å²) in [6.45, 7) is 1.88. The number of hydrogen-bond donors (Lipinski definition) is 1. The Morgan fingerprint density at radius 3 is 2.86 bits per heavy atom. The molecule has 0 aliphatic rings. The fraction of sp³-hybridized carbons (Fsp3) is 0.300. The van der Waals surface area contributed by atoms with Crippen molar-refractivity contribution < 1.29 is 4.39 Å². The fourth-order valence-corrected chi connectivity index (χ4v) is 1.13. The maximum Gasteiger partial charge on any atom is 0.143 e. The van der Waals surface area contributed by atoms with E-state index in [0.717, 1.165) is 0 Å². The molecule has 2 nitrogen and oxygen atoms in total. The van der Waals surface area contributed by atoms with Crippen molar-refractivity contribution in [1.82, 2.24) is 0 Å². The monoisotopic (exact) mass is 212 g/mol. The van der Waals surface area contributed by atoms with Gasteiger partial charge in [-0.25, -0.2) is 4.39 Å². The van der Waals surface area contributed by atoms with Crippen LogP contribution in [0.1, 0.15) is 13.3 Å². The Labute approximate surface area is 87.3 Å². The first-order chi connectivity index (χ1) is 6.67. The zero-order valence-electron chi connectivity index (χ0n) is 7.72. The quantitative estimate of drug-likeness (QED) is 0.835. The van der Waals surface area contributed by atoms with Gasteiger partial charge in [0.25, 0.3) is 0 Å². The Hall–Kier alpha value is -1.27. The van der Waals surface area contributed by atoms with Gasteiger partial charge in [0.2, 0.25) is 0 Å². The number of nitrogens with zero attached hydrogens (tertiary/aromatic N) is 1. The molecular weight excluding hydrogens is 203 g/mol. The topological polar surface area (TPSA) is 35.8 Å². The average molecular weight is 213 g/mol. The van der Waals surface area contributed by atoms with Crippen molar-refractivity contribution in [3.05, 3.63) is 29.0 Å². The Bertz CT molecular complexity index is 360. The molecule has 74 valence electrons. The van der Waals surface area contributed by atoms with Crippen molar-refractivity contribution in [2.75, 3.05) is 5.32 Å². The van der Waals surface area contributed by atoms with Crippen molar-refractivity contribution in [3.63, 3.8) is 0 Å². The van der Waals surface area contributed by atoms with Crippen LogP contribution in [0, 0.1) is 17.1 Å². The van der Waals surface area contributed by atoms with Crippen molar-refractivity contribution in [2.45, 2.75) is 19.4 Å². The first-order valence-corrected chi connectivity index (χ1v) is 4.66. The van der Waals surface area contributed by atoms with E-state index in [-0.39, 0.29) is 11.1 Å². The summed E-state index contributed by atoms with van der Waals surface area (Å²) in [6, 6.07) is 6.16. The molecule has 0 aromatic heterocycles. The molecule has 1 N–H and O–H groups in total. The molecule has 0 aliphatic carbocycles. The third kappa shape index (κ3) is 2.61. The molecule has 1 rings (SSSR count). The third-order valence-electron chi connectivity index (χ3n) is 1.82. The van der Waals surface area contributed by atoms with Gasteiger partial charge in [0.15, 0.2) is 0 Å². The summed E-state index contributed by atoms with van der Waals surface area (Å²) in [6.07, 6.45) is 0.667. The second kappa shape index (κ2) is 4.83. The van der Waals surface area contributed by atoms with E-state index < -0.39 is 5.82 Å². The number of anilines is 1. The zero-order chi connectivity index (χ0) is 10.6. The SMILES string of the molecule is CCC(C#N)Nc1ccc(Cl)c(F)c1. The van der Waals surface area contributed by atoms with Gasteiger partial charge < -0.3 is 5.32 Å². The lowest BCUT2D eigenvalue weighted by atomic mass is 10.2. The minimum atomic E-state index is -0.482. The molecule has 0 bridgehead atoms. The predicted octanol–water partition coefficient (Wildman–Crippen LogP) is 3.19. The lowest BCUT2D eigenvalue weighted by molar-refractivity contribution is 0.628. The van der Waals surface area contributed by atoms with Crippen LogP contribution in [0.2, 0.25) is 5.02 Å². The Balaban J connectivity index is 2.78. The number of halogens is 2. The summed E-state index contributed by atoms with van der Waals surface area (Å²) < 4.78 is 13.0. The van der Waals surface area contributed by atoms with E-state index in [1.54, 1.807) is 6.07 Å². The molecule has 0 radical (unpaired) electrons. The third-order valence-corrected chi connectivity index (χ3v) is 2.13. The Morgan fingerprint density at radius 1 is 1.64 bits per heavy atom. The van der Waals surface area contributed by atoms with Gasteiger partial charge in [0, 0.05) is 5.69 Å². The lowest BCUT2D eigenvalue weighted by Gasteiger charge is -2.10. The summed E-state index contributed by atoms with van der Waals surface area (Å²) in [7, 11) is 0. The minimum absolute atomic E-state index is 0.0838. The highest BCUT2D eigenvalue weighted by atomic mass is 35.5. The fourth-order valence-electron chi connectivity index (χ4n) is 1.01. The molecule has 0 amide bonds. The van der Waals surface area contributed by atoms with E-state index in [0.29, 0.717) is 12.1 Å². The summed E-state index contributed by atoms with van der Waals surface area (Å²) >= 11 is 5.52. The lowest BCUT2D eigenvalue weighted by Crippen LogP contribution is -2.15. The smallest absolute Gasteiger partial charge is 0.143 e. The molecule has 0 heterocycles. The molecule has 0 fully saturated rings. The highest BCUT2D eigenvalue weighted by molar-refractivity contribution is 6.30. The molecule has 4 heteroatoms. The van der Waals surface area contributed by atoms with Gasteiger partial charge in [-0.3, -0.25) is 0 Å². The molecule has 0 saturated heterocycles. The molecular formula is C10H10ClFN2. The maximum absolute atomic E-state index is 13.0. The van der Waals surface area contributed by atoms with Crippen LogP contribution in [0.5, 0.6) is 0 Å². The van der Waals surface area contributed by atoms with Crippen LogP contribution in [-0.4, -0.2) is 6.04 Å². The van der Waals surface area contributed by atoms with Crippen LogP contribution >= 0.6 is 11.6 Å². The van der Waals surface area contributed by atoms with E-state index in [9.17, 15) is 4.39 Å². The van der Waals surface area contributed by atoms with Crippen LogP contribution in [0.4, 0.5) is 10.1 Å². The van der Waals surface area contributed by atoms with Gasteiger partial charge in [-0.15, -0.1) is 0 Å². The molecule has 0 aliphatic heterocycles. The Kier molecular flexibility index (Phi) is 3.73. The summed E-state index contributed by atoms with van der Waals surface area (Å²) in [4.78, 5) is 0. The predicted molar refractivity (Wildman–Crippen MR) is 54.7 cm³/mol. The van der Waals surface area contributed by atoms with E-state index in [1.165, 1.54) is 12.1 Å². The Morgan fingerprint density at radius 2 is 2.36 bits per heavy atom. The first kappa shape index (κ1) is 10.8. The van der Waals surface area contributed by atoms with Gasteiger partial charge in [-0.2, -0.15) is 5.26 Å². The van der Waals surface area contributed by atoms with Gasteiger partial charge in [0.1, 0.15) is 11.9 Å². The number of nitrogens with one attached hydrogen (secondary N) is 1. The second-order valence-electron chi connectivity index (χ2n) is 2.86. The number of benzene rings is 1. The van der Waals surface area contributed by atoms with E-state index >= 15 is 0 Å². The normalized spacial score (nSPS) is 11.9. The molecule has 1 unspecified atom stereocenters. The molecule has 1 atom stereocenters. The summed E-state index contributed by atoms with van der Waals surface area (Å²) in [5, 5.41) is 11.6. The average Bonchev–Trinajstić information content (AvgIpc) is 2.19. The highest BCUT2D eigenvalue weighted by Gasteiger charge is 2.05. The number of nitriles is 1. The van der Waals surface area contributed by atoms with Crippen molar-refractivity contribution in [3.8, 4) is 6.07 Å². The van der Waals surface area contributed by atoms with Crippen LogP contribution < -0.4 is 5.32 Å². The van der Waals surface area contributed by atoms with Crippen molar-refractivity contribution in [2.24, 2.45) is 0 Å². The maximum atomic E-state index is 13.0. The van der Waals surface area contributed by atoms with Crippen LogP contribution in [-0.2, 0) is 0 Å². The highest BCUT2D eigenvalue weighted by Crippen LogP contribution is 2.19. The van der Waals surface area contributed by atoms with Gasteiger partial charge in [0.05, 0.1) is 11.1 Å². The van der Waals surface area contributed by atoms with Gasteiger partial charge in [-0.1, -0.05) is 18.5 Å². The number of hydrogen-bond acceptors (Lipinski definition) is 2.